The monoisotopic (exact) mass is 1070 g/mol. The fourth-order valence-electron chi connectivity index (χ4n) is 12.7. The van der Waals surface area contributed by atoms with Crippen molar-refractivity contribution in [1.29, 1.82) is 0 Å². The van der Waals surface area contributed by atoms with Crippen molar-refractivity contribution in [2.45, 2.75) is 0 Å². The topological polar surface area (TPSA) is 29.9 Å². The molecule has 2 aliphatic heterocycles. The zero-order chi connectivity index (χ0) is 55.5. The quantitative estimate of drug-likeness (QED) is 0.121. The van der Waals surface area contributed by atoms with Crippen LogP contribution in [-0.2, 0) is 0 Å². The summed E-state index contributed by atoms with van der Waals surface area (Å²) >= 11 is 0. The molecule has 0 radical (unpaired) electrons. The minimum absolute atomic E-state index is 0.232. The first kappa shape index (κ1) is 48.8. The standard InChI is InChI=1S/C78H52BN3O2/c1-6-18-53(19-7-1)57-30-38-62(39-31-57)80(63-40-32-58(33-41-63)54-20-8-2-9-21-54)66-46-48-70-73(50-66)83-75-52-69-68-28-16-17-29-72(68)82(61-26-14-5-15-27-61)77(69)78-76(75)79(70)71-49-47-67(51-74(71)84-78)81(64-42-34-59(35-43-64)55-22-10-3-11-23-55)65-44-36-60(37-45-65)56-24-12-4-13-25-56/h1-52H. The van der Waals surface area contributed by atoms with Crippen molar-refractivity contribution in [3.05, 3.63) is 315 Å². The Balaban J connectivity index is 0.876. The van der Waals surface area contributed by atoms with Crippen molar-refractivity contribution in [2.75, 3.05) is 9.80 Å². The molecule has 5 nitrogen and oxygen atoms in total. The predicted molar refractivity (Wildman–Crippen MR) is 350 cm³/mol. The van der Waals surface area contributed by atoms with E-state index in [1.807, 2.05) is 0 Å². The number of anilines is 6. The summed E-state index contributed by atoms with van der Waals surface area (Å²) in [7, 11) is 0. The van der Waals surface area contributed by atoms with E-state index in [2.05, 4.69) is 330 Å². The van der Waals surface area contributed by atoms with Gasteiger partial charge in [0.05, 0.1) is 11.0 Å². The molecule has 16 rings (SSSR count). The van der Waals surface area contributed by atoms with Gasteiger partial charge < -0.3 is 23.8 Å². The van der Waals surface area contributed by atoms with Crippen LogP contribution in [0.2, 0.25) is 0 Å². The Morgan fingerprint density at radius 2 is 0.619 bits per heavy atom. The Hall–Kier alpha value is -11.1. The summed E-state index contributed by atoms with van der Waals surface area (Å²) in [5.74, 6) is 3.15. The highest BCUT2D eigenvalue weighted by Crippen LogP contribution is 2.48. The van der Waals surface area contributed by atoms with Gasteiger partial charge in [-0.05, 0) is 140 Å². The maximum absolute atomic E-state index is 7.59. The highest BCUT2D eigenvalue weighted by Gasteiger charge is 2.43. The van der Waals surface area contributed by atoms with E-state index >= 15 is 0 Å². The van der Waals surface area contributed by atoms with Gasteiger partial charge in [0.2, 0.25) is 0 Å². The van der Waals surface area contributed by atoms with Crippen LogP contribution in [-0.4, -0.2) is 11.3 Å². The van der Waals surface area contributed by atoms with Gasteiger partial charge in [-0.25, -0.2) is 0 Å². The minimum Gasteiger partial charge on any atom is -0.458 e. The SMILES string of the molecule is c1ccc(-c2ccc(N(c3ccc(-c4ccccc4)cc3)c3ccc4c(c3)Oc3cc5c6ccccc6n(-c6ccccc6)c5c5c3B4c3ccc(N(c4ccc(-c6ccccc6)cc4)c4ccc(-c6ccccc6)cc4)cc3O5)cc2)cc1. The molecule has 0 atom stereocenters. The number of rotatable bonds is 11. The van der Waals surface area contributed by atoms with Crippen molar-refractivity contribution >= 4 is 79.0 Å². The van der Waals surface area contributed by atoms with Gasteiger partial charge in [-0.3, -0.25) is 0 Å². The smallest absolute Gasteiger partial charge is 0.260 e. The molecule has 0 saturated heterocycles. The molecular weight excluding hydrogens is 1020 g/mol. The van der Waals surface area contributed by atoms with Crippen molar-refractivity contribution in [2.24, 2.45) is 0 Å². The van der Waals surface area contributed by atoms with Crippen LogP contribution in [0.3, 0.4) is 0 Å². The summed E-state index contributed by atoms with van der Waals surface area (Å²) in [5, 5.41) is 2.17. The van der Waals surface area contributed by atoms with Crippen LogP contribution in [0.25, 0.3) is 72.0 Å². The molecule has 0 amide bonds. The lowest BCUT2D eigenvalue weighted by atomic mass is 9.34. The van der Waals surface area contributed by atoms with Crippen molar-refractivity contribution < 1.29 is 9.47 Å². The lowest BCUT2D eigenvalue weighted by Crippen LogP contribution is -2.57. The number of aromatic nitrogens is 1. The summed E-state index contributed by atoms with van der Waals surface area (Å²) in [6, 6.07) is 113. The van der Waals surface area contributed by atoms with Crippen LogP contribution < -0.4 is 35.7 Å². The van der Waals surface area contributed by atoms with Gasteiger partial charge in [-0.2, -0.15) is 0 Å². The third kappa shape index (κ3) is 8.51. The van der Waals surface area contributed by atoms with E-state index in [1.54, 1.807) is 0 Å². The highest BCUT2D eigenvalue weighted by atomic mass is 16.5. The summed E-state index contributed by atoms with van der Waals surface area (Å²) in [4.78, 5) is 4.68. The molecule has 1 aromatic heterocycles. The number of hydrogen-bond donors (Lipinski definition) is 0. The summed E-state index contributed by atoms with van der Waals surface area (Å²) < 4.78 is 17.3. The Morgan fingerprint density at radius 1 is 0.274 bits per heavy atom. The fraction of sp³-hybridized carbons (Fsp3) is 0. The molecule has 2 aliphatic rings. The minimum atomic E-state index is -0.232. The second-order valence-corrected chi connectivity index (χ2v) is 21.6. The molecule has 3 heterocycles. The first-order valence-electron chi connectivity index (χ1n) is 28.7. The first-order chi connectivity index (χ1) is 41.6. The molecule has 0 N–H and O–H groups in total. The molecule has 6 heteroatoms. The largest absolute Gasteiger partial charge is 0.458 e. The first-order valence-corrected chi connectivity index (χ1v) is 28.7. The third-order valence-electron chi connectivity index (χ3n) is 16.7. The van der Waals surface area contributed by atoms with Gasteiger partial charge in [0.25, 0.3) is 6.71 Å². The number of para-hydroxylation sites is 2. The lowest BCUT2D eigenvalue weighted by molar-refractivity contribution is 0.468. The van der Waals surface area contributed by atoms with Gasteiger partial charge in [-0.1, -0.05) is 218 Å². The second-order valence-electron chi connectivity index (χ2n) is 21.6. The van der Waals surface area contributed by atoms with Crippen LogP contribution in [0.1, 0.15) is 0 Å². The fourth-order valence-corrected chi connectivity index (χ4v) is 12.7. The van der Waals surface area contributed by atoms with E-state index < -0.39 is 0 Å². The van der Waals surface area contributed by atoms with Crippen LogP contribution in [0.5, 0.6) is 23.0 Å². The second kappa shape index (κ2) is 20.5. The Kier molecular flexibility index (Phi) is 11.9. The Bertz CT molecular complexity index is 4550. The number of fused-ring (bicyclic) bond motifs is 8. The number of benzene rings is 13. The number of hydrogen-bond acceptors (Lipinski definition) is 4. The van der Waals surface area contributed by atoms with E-state index in [1.165, 1.54) is 22.3 Å². The van der Waals surface area contributed by atoms with Crippen molar-refractivity contribution in [1.82, 2.24) is 4.57 Å². The van der Waals surface area contributed by atoms with E-state index in [4.69, 9.17) is 9.47 Å². The van der Waals surface area contributed by atoms with E-state index in [9.17, 15) is 0 Å². The molecule has 0 aliphatic carbocycles. The maximum atomic E-state index is 7.59. The molecule has 13 aromatic carbocycles. The third-order valence-corrected chi connectivity index (χ3v) is 16.7. The molecule has 0 unspecified atom stereocenters. The Labute approximate surface area is 488 Å². The van der Waals surface area contributed by atoms with Gasteiger partial charge in [0.1, 0.15) is 17.2 Å². The van der Waals surface area contributed by atoms with Gasteiger partial charge in [0, 0.05) is 68.2 Å². The predicted octanol–water partition coefficient (Wildman–Crippen LogP) is 19.1. The summed E-state index contributed by atoms with van der Waals surface area (Å²) in [6.45, 7) is -0.232. The van der Waals surface area contributed by atoms with Crippen LogP contribution in [0.4, 0.5) is 34.1 Å². The van der Waals surface area contributed by atoms with Crippen molar-refractivity contribution in [3.63, 3.8) is 0 Å². The molecule has 394 valence electrons. The average Bonchev–Trinajstić information content (AvgIpc) is 1.83. The average molecular weight is 1070 g/mol. The molecular formula is C78H52BN3O2. The van der Waals surface area contributed by atoms with Gasteiger partial charge >= 0.3 is 0 Å². The molecule has 0 bridgehead atoms. The normalized spacial score (nSPS) is 12.0. The zero-order valence-electron chi connectivity index (χ0n) is 45.8. The zero-order valence-corrected chi connectivity index (χ0v) is 45.8. The van der Waals surface area contributed by atoms with Crippen molar-refractivity contribution in [3.8, 4) is 73.2 Å². The molecule has 14 aromatic rings. The maximum Gasteiger partial charge on any atom is 0.260 e. The lowest BCUT2D eigenvalue weighted by Gasteiger charge is -2.35. The molecule has 84 heavy (non-hydrogen) atoms. The van der Waals surface area contributed by atoms with Gasteiger partial charge in [0.15, 0.2) is 5.75 Å². The van der Waals surface area contributed by atoms with Crippen LogP contribution in [0, 0.1) is 0 Å². The number of ether oxygens (including phenoxy) is 2. The number of nitrogens with zero attached hydrogens (tertiary/aromatic N) is 3. The summed E-state index contributed by atoms with van der Waals surface area (Å²) in [6.07, 6.45) is 0. The van der Waals surface area contributed by atoms with Gasteiger partial charge in [-0.15, -0.1) is 0 Å². The molecule has 0 fully saturated rings. The van der Waals surface area contributed by atoms with E-state index in [0.29, 0.717) is 0 Å². The van der Waals surface area contributed by atoms with E-state index in [0.717, 1.165) is 123 Å². The Morgan fingerprint density at radius 3 is 1.04 bits per heavy atom. The van der Waals surface area contributed by atoms with Crippen LogP contribution in [0.15, 0.2) is 315 Å². The van der Waals surface area contributed by atoms with E-state index in [-0.39, 0.29) is 6.71 Å². The summed E-state index contributed by atoms with van der Waals surface area (Å²) in [5.41, 5.74) is 21.7. The highest BCUT2D eigenvalue weighted by molar-refractivity contribution is 6.98. The molecule has 0 spiro atoms. The van der Waals surface area contributed by atoms with Crippen LogP contribution >= 0.6 is 0 Å². The molecule has 0 saturated carbocycles.